The van der Waals surface area contributed by atoms with Crippen LogP contribution in [0, 0.1) is 0 Å². The summed E-state index contributed by atoms with van der Waals surface area (Å²) < 4.78 is 4.91. The van der Waals surface area contributed by atoms with Crippen LogP contribution in [0.25, 0.3) is 0 Å². The molecular weight excluding hydrogens is 148 g/mol. The molecule has 60 valence electrons. The molecule has 0 atom stereocenters. The van der Waals surface area contributed by atoms with Gasteiger partial charge in [-0.2, -0.15) is 0 Å². The summed E-state index contributed by atoms with van der Waals surface area (Å²) in [5.74, 6) is -0.188. The number of carboxylic acid groups (broad SMARTS) is 1. The highest BCUT2D eigenvalue weighted by Gasteiger charge is 2.04. The molecule has 0 aliphatic carbocycles. The van der Waals surface area contributed by atoms with E-state index in [-0.39, 0.29) is 13.0 Å². The van der Waals surface area contributed by atoms with Crippen LogP contribution in [0.5, 0.6) is 0 Å². The minimum Gasteiger partial charge on any atom is -0.481 e. The van der Waals surface area contributed by atoms with Crippen LogP contribution < -0.4 is 0 Å². The van der Waals surface area contributed by atoms with E-state index in [1.807, 2.05) is 0 Å². The third-order valence-electron chi connectivity index (χ3n) is 1.20. The van der Waals surface area contributed by atoms with Gasteiger partial charge >= 0.3 is 5.97 Å². The lowest BCUT2D eigenvalue weighted by Gasteiger charge is -1.89. The number of hydrogen-bond donors (Lipinski definition) is 2. The monoisotopic (exact) mass is 156 g/mol. The maximum Gasteiger partial charge on any atom is 0.311 e. The van der Waals surface area contributed by atoms with Crippen LogP contribution in [0.3, 0.4) is 0 Å². The van der Waals surface area contributed by atoms with Crippen molar-refractivity contribution in [3.05, 3.63) is 23.7 Å². The fraction of sp³-hybridized carbons (Fsp3) is 0.286. The molecule has 1 heterocycles. The van der Waals surface area contributed by atoms with Gasteiger partial charge in [-0.05, 0) is 12.1 Å². The number of aliphatic hydroxyl groups excluding tert-OH is 1. The molecule has 4 nitrogen and oxygen atoms in total. The van der Waals surface area contributed by atoms with Crippen molar-refractivity contribution in [1.29, 1.82) is 0 Å². The average Bonchev–Trinajstić information content (AvgIpc) is 2.34. The Balaban J connectivity index is 2.65. The first-order chi connectivity index (χ1) is 5.22. The van der Waals surface area contributed by atoms with Crippen LogP contribution in [0.15, 0.2) is 16.5 Å². The lowest BCUT2D eigenvalue weighted by atomic mass is 10.3. The fourth-order valence-electron chi connectivity index (χ4n) is 0.751. The van der Waals surface area contributed by atoms with Crippen molar-refractivity contribution in [3.8, 4) is 0 Å². The Morgan fingerprint density at radius 1 is 1.45 bits per heavy atom. The largest absolute Gasteiger partial charge is 0.481 e. The first kappa shape index (κ1) is 7.81. The van der Waals surface area contributed by atoms with E-state index in [4.69, 9.17) is 14.6 Å². The Hall–Kier alpha value is -1.29. The van der Waals surface area contributed by atoms with Crippen molar-refractivity contribution in [1.82, 2.24) is 0 Å². The number of hydrogen-bond acceptors (Lipinski definition) is 3. The molecule has 0 saturated carbocycles. The van der Waals surface area contributed by atoms with Crippen molar-refractivity contribution in [2.45, 2.75) is 13.0 Å². The van der Waals surface area contributed by atoms with E-state index in [0.717, 1.165) is 0 Å². The van der Waals surface area contributed by atoms with Crippen molar-refractivity contribution in [2.75, 3.05) is 0 Å². The predicted octanol–water partition coefficient (Wildman–Crippen LogP) is 0.399. The van der Waals surface area contributed by atoms with Crippen LogP contribution in [0.1, 0.15) is 11.5 Å². The molecule has 0 spiro atoms. The normalized spacial score (nSPS) is 9.91. The van der Waals surface area contributed by atoms with Crippen molar-refractivity contribution >= 4 is 5.97 Å². The maximum atomic E-state index is 10.1. The van der Waals surface area contributed by atoms with Gasteiger partial charge in [0.15, 0.2) is 0 Å². The molecular formula is C7H8O4. The predicted molar refractivity (Wildman–Crippen MR) is 36.0 cm³/mol. The number of carbonyl (C=O) groups is 1. The Bertz CT molecular complexity index is 251. The Morgan fingerprint density at radius 3 is 2.55 bits per heavy atom. The molecule has 2 N–H and O–H groups in total. The summed E-state index contributed by atoms with van der Waals surface area (Å²) in [6.07, 6.45) is -0.139. The summed E-state index contributed by atoms with van der Waals surface area (Å²) >= 11 is 0. The van der Waals surface area contributed by atoms with Gasteiger partial charge in [-0.1, -0.05) is 0 Å². The second-order valence-corrected chi connectivity index (χ2v) is 2.10. The third kappa shape index (κ3) is 2.09. The number of carboxylic acids is 1. The van der Waals surface area contributed by atoms with Gasteiger partial charge < -0.3 is 14.6 Å². The van der Waals surface area contributed by atoms with Gasteiger partial charge in [-0.25, -0.2) is 0 Å². The highest BCUT2D eigenvalue weighted by molar-refractivity contribution is 5.69. The molecule has 4 heteroatoms. The van der Waals surface area contributed by atoms with Gasteiger partial charge in [0.05, 0.1) is 0 Å². The molecule has 0 bridgehead atoms. The second-order valence-electron chi connectivity index (χ2n) is 2.10. The molecule has 1 aromatic rings. The van der Waals surface area contributed by atoms with Gasteiger partial charge in [-0.15, -0.1) is 0 Å². The minimum absolute atomic E-state index is 0.139. The average molecular weight is 156 g/mol. The van der Waals surface area contributed by atoms with Crippen LogP contribution >= 0.6 is 0 Å². The highest BCUT2D eigenvalue weighted by atomic mass is 16.4. The fourth-order valence-corrected chi connectivity index (χ4v) is 0.751. The van der Waals surface area contributed by atoms with E-state index in [1.165, 1.54) is 0 Å². The molecule has 0 radical (unpaired) electrons. The van der Waals surface area contributed by atoms with Crippen LogP contribution in [0.2, 0.25) is 0 Å². The molecule has 0 aromatic carbocycles. The number of rotatable bonds is 3. The van der Waals surface area contributed by atoms with Gasteiger partial charge in [0.2, 0.25) is 0 Å². The minimum atomic E-state index is -0.941. The SMILES string of the molecule is O=C(O)Cc1ccc(CO)o1. The number of furan rings is 1. The lowest BCUT2D eigenvalue weighted by Crippen LogP contribution is -1.97. The van der Waals surface area contributed by atoms with Crippen LogP contribution in [-0.4, -0.2) is 16.2 Å². The molecule has 11 heavy (non-hydrogen) atoms. The second kappa shape index (κ2) is 3.21. The first-order valence-electron chi connectivity index (χ1n) is 3.12. The van der Waals surface area contributed by atoms with E-state index in [2.05, 4.69) is 0 Å². The van der Waals surface area contributed by atoms with Crippen LogP contribution in [0.4, 0.5) is 0 Å². The molecule has 1 rings (SSSR count). The van der Waals surface area contributed by atoms with Crippen molar-refractivity contribution in [3.63, 3.8) is 0 Å². The van der Waals surface area contributed by atoms with E-state index >= 15 is 0 Å². The van der Waals surface area contributed by atoms with Gasteiger partial charge in [0.25, 0.3) is 0 Å². The van der Waals surface area contributed by atoms with Gasteiger partial charge in [-0.3, -0.25) is 4.79 Å². The summed E-state index contributed by atoms with van der Waals surface area (Å²) in [5.41, 5.74) is 0. The van der Waals surface area contributed by atoms with E-state index < -0.39 is 5.97 Å². The Labute approximate surface area is 63.1 Å². The van der Waals surface area contributed by atoms with E-state index in [1.54, 1.807) is 12.1 Å². The summed E-state index contributed by atoms with van der Waals surface area (Å²) in [4.78, 5) is 10.1. The van der Waals surface area contributed by atoms with Crippen LogP contribution in [-0.2, 0) is 17.8 Å². The Morgan fingerprint density at radius 2 is 2.09 bits per heavy atom. The standard InChI is InChI=1S/C7H8O4/c8-4-6-2-1-5(11-6)3-7(9)10/h1-2,8H,3-4H2,(H,9,10). The number of aliphatic carboxylic acids is 1. The summed E-state index contributed by atoms with van der Waals surface area (Å²) in [5, 5.41) is 16.9. The summed E-state index contributed by atoms with van der Waals surface area (Å²) in [7, 11) is 0. The molecule has 0 unspecified atom stereocenters. The topological polar surface area (TPSA) is 70.7 Å². The van der Waals surface area contributed by atoms with E-state index in [9.17, 15) is 4.79 Å². The zero-order valence-corrected chi connectivity index (χ0v) is 5.78. The lowest BCUT2D eigenvalue weighted by molar-refractivity contribution is -0.136. The van der Waals surface area contributed by atoms with Crippen molar-refractivity contribution < 1.29 is 19.4 Å². The zero-order valence-electron chi connectivity index (χ0n) is 5.78. The molecule has 0 aliphatic rings. The maximum absolute atomic E-state index is 10.1. The van der Waals surface area contributed by atoms with Gasteiger partial charge in [0.1, 0.15) is 24.5 Å². The molecule has 1 aromatic heterocycles. The third-order valence-corrected chi connectivity index (χ3v) is 1.20. The summed E-state index contributed by atoms with van der Waals surface area (Å²) in [6, 6.07) is 3.10. The van der Waals surface area contributed by atoms with E-state index in [0.29, 0.717) is 11.5 Å². The first-order valence-corrected chi connectivity index (χ1v) is 3.12. The molecule has 0 aliphatic heterocycles. The quantitative estimate of drug-likeness (QED) is 0.664. The van der Waals surface area contributed by atoms with Crippen molar-refractivity contribution in [2.24, 2.45) is 0 Å². The summed E-state index contributed by atoms with van der Waals surface area (Å²) in [6.45, 7) is -0.195. The number of aliphatic hydroxyl groups is 1. The Kier molecular flexibility index (Phi) is 2.28. The molecule has 0 saturated heterocycles. The molecule has 0 fully saturated rings. The zero-order chi connectivity index (χ0) is 8.27. The van der Waals surface area contributed by atoms with Gasteiger partial charge in [0, 0.05) is 0 Å². The highest BCUT2D eigenvalue weighted by Crippen LogP contribution is 2.07. The molecule has 0 amide bonds. The smallest absolute Gasteiger partial charge is 0.311 e.